The van der Waals surface area contributed by atoms with Crippen LogP contribution in [0.1, 0.15) is 6.92 Å². The molecule has 15 heavy (non-hydrogen) atoms. The van der Waals surface area contributed by atoms with E-state index >= 15 is 0 Å². The van der Waals surface area contributed by atoms with Crippen LogP contribution in [0.5, 0.6) is 0 Å². The molecule has 0 heterocycles. The molecule has 8 nitrogen and oxygen atoms in total. The van der Waals surface area contributed by atoms with E-state index < -0.39 is 24.5 Å². The van der Waals surface area contributed by atoms with E-state index in [0.717, 1.165) is 0 Å². The summed E-state index contributed by atoms with van der Waals surface area (Å²) in [6, 6.07) is 0. The Kier molecular flexibility index (Phi) is 17.2. The topological polar surface area (TPSA) is 121 Å². The minimum absolute atomic E-state index is 0. The second kappa shape index (κ2) is 10.00. The van der Waals surface area contributed by atoms with Gasteiger partial charge >= 0.3 is 79.7 Å². The second-order valence-corrected chi connectivity index (χ2v) is 4.22. The van der Waals surface area contributed by atoms with Crippen molar-refractivity contribution in [3.63, 3.8) is 0 Å². The predicted octanol–water partition coefficient (Wildman–Crippen LogP) is -2.03. The Bertz CT molecular complexity index is 308. The maximum atomic E-state index is 10.2. The minimum atomic E-state index is -5.11. The van der Waals surface area contributed by atoms with Gasteiger partial charge in [0.2, 0.25) is 0 Å². The van der Waals surface area contributed by atoms with E-state index in [1.807, 2.05) is 0 Å². The van der Waals surface area contributed by atoms with Gasteiger partial charge in [-0.2, -0.15) is 16.8 Å². The molecule has 86 valence electrons. The van der Waals surface area contributed by atoms with Crippen LogP contribution >= 0.6 is 12.4 Å². The van der Waals surface area contributed by atoms with E-state index in [9.17, 15) is 16.8 Å². The summed E-state index contributed by atoms with van der Waals surface area (Å²) in [7, 11) is -10.2. The first-order valence-corrected chi connectivity index (χ1v) is 5.37. The first-order chi connectivity index (χ1) is 5.19. The number of rotatable bonds is 4. The molecule has 0 bridgehead atoms. The molecule has 0 rings (SSSR count). The summed E-state index contributed by atoms with van der Waals surface area (Å²) < 4.78 is 56.2. The Hall–Kier alpha value is 2.03. The first-order valence-electron chi connectivity index (χ1n) is 2.58. The number of halogens is 1. The van der Waals surface area contributed by atoms with Crippen molar-refractivity contribution in [2.45, 2.75) is 6.92 Å². The fourth-order valence-electron chi connectivity index (χ4n) is 0.358. The van der Waals surface area contributed by atoms with Crippen LogP contribution in [0.25, 0.3) is 0 Å². The van der Waals surface area contributed by atoms with Gasteiger partial charge in [-0.25, -0.2) is 0 Å². The Morgan fingerprint density at radius 1 is 1.07 bits per heavy atom. The van der Waals surface area contributed by atoms with Gasteiger partial charge in [-0.15, -0.1) is 12.4 Å². The molecule has 0 aromatic heterocycles. The maximum absolute atomic E-state index is 10.2. The average molecular weight is 306 g/mol. The number of hydrogen-bond acceptors (Lipinski definition) is 5. The van der Waals surface area contributed by atoms with Crippen molar-refractivity contribution in [2.24, 2.45) is 0 Å². The molecule has 0 unspecified atom stereocenters. The van der Waals surface area contributed by atoms with Crippen LogP contribution in [0, 0.1) is 0 Å². The third-order valence-electron chi connectivity index (χ3n) is 0.611. The standard InChI is InChI=1S/C2H7NO7S2.ClH.2Na.2H/c1-2-10-3(11(4,5)6)12(7,8)9;;;;;/h2H2,1H3,(H,4,5,6)(H,7,8,9);1H;;;;. The SMILES string of the molecule is CCON(S(=O)(=O)O)S(=O)(=O)O.Cl.[NaH].[NaH]. The van der Waals surface area contributed by atoms with Gasteiger partial charge in [-0.1, -0.05) is 0 Å². The molecule has 0 saturated heterocycles. The van der Waals surface area contributed by atoms with E-state index in [0.29, 0.717) is 0 Å². The third kappa shape index (κ3) is 10.9. The summed E-state index contributed by atoms with van der Waals surface area (Å²) in [6.07, 6.45) is 0. The monoisotopic (exact) mass is 305 g/mol. The van der Waals surface area contributed by atoms with Crippen molar-refractivity contribution < 1.29 is 30.8 Å². The molecule has 0 aromatic rings. The van der Waals surface area contributed by atoms with Gasteiger partial charge in [0.1, 0.15) is 0 Å². The van der Waals surface area contributed by atoms with Crippen molar-refractivity contribution in [3.05, 3.63) is 0 Å². The zero-order valence-electron chi connectivity index (χ0n) is 6.31. The summed E-state index contributed by atoms with van der Waals surface area (Å²) in [5, 5.41) is 0. The molecule has 0 radical (unpaired) electrons. The second-order valence-electron chi connectivity index (χ2n) is 1.54. The van der Waals surface area contributed by atoms with Gasteiger partial charge in [-0.3, -0.25) is 13.9 Å². The molecule has 0 fully saturated rings. The van der Waals surface area contributed by atoms with Crippen molar-refractivity contribution in [2.75, 3.05) is 6.61 Å². The molecule has 13 heteroatoms. The van der Waals surface area contributed by atoms with Crippen LogP contribution in [0.15, 0.2) is 0 Å². The average Bonchev–Trinajstić information content (AvgIpc) is 1.77. The van der Waals surface area contributed by atoms with E-state index in [1.165, 1.54) is 6.92 Å². The van der Waals surface area contributed by atoms with Crippen molar-refractivity contribution >= 4 is 92.1 Å². The molecule has 0 amide bonds. The third-order valence-corrected chi connectivity index (χ3v) is 2.71. The van der Waals surface area contributed by atoms with Gasteiger partial charge in [0.15, 0.2) is 0 Å². The zero-order chi connectivity index (χ0) is 9.99. The Morgan fingerprint density at radius 3 is 1.40 bits per heavy atom. The first kappa shape index (κ1) is 25.8. The summed E-state index contributed by atoms with van der Waals surface area (Å²) in [4.78, 5) is 3.93. The normalized spacial score (nSPS) is 10.9. The molecule has 0 aromatic carbocycles. The van der Waals surface area contributed by atoms with Crippen LogP contribution in [0.4, 0.5) is 0 Å². The quantitative estimate of drug-likeness (QED) is 0.349. The Morgan fingerprint density at radius 2 is 1.33 bits per heavy atom. The number of hydrogen-bond donors (Lipinski definition) is 2. The molecule has 0 aliphatic heterocycles. The van der Waals surface area contributed by atoms with Crippen molar-refractivity contribution in [1.29, 1.82) is 0 Å². The molecule has 0 spiro atoms. The summed E-state index contributed by atoms with van der Waals surface area (Å²) in [5.41, 5.74) is 0. The predicted molar refractivity (Wildman–Crippen MR) is 58.1 cm³/mol. The van der Waals surface area contributed by atoms with Crippen molar-refractivity contribution in [3.8, 4) is 0 Å². The van der Waals surface area contributed by atoms with E-state index in [1.54, 1.807) is 0 Å². The molecule has 0 aliphatic carbocycles. The summed E-state index contributed by atoms with van der Waals surface area (Å²) in [6.45, 7) is 0.920. The van der Waals surface area contributed by atoms with E-state index in [2.05, 4.69) is 4.84 Å². The van der Waals surface area contributed by atoms with Crippen LogP contribution in [0.3, 0.4) is 0 Å². The zero-order valence-corrected chi connectivity index (χ0v) is 8.76. The van der Waals surface area contributed by atoms with Gasteiger partial charge in [0.25, 0.3) is 0 Å². The van der Waals surface area contributed by atoms with Gasteiger partial charge in [0, 0.05) is 0 Å². The molecule has 0 atom stereocenters. The summed E-state index contributed by atoms with van der Waals surface area (Å²) >= 11 is 0. The van der Waals surface area contributed by atoms with Crippen LogP contribution < -0.4 is 0 Å². The van der Waals surface area contributed by atoms with Gasteiger partial charge in [-0.05, 0) is 6.92 Å². The molecular formula is C2H10ClNNa2O7S2. The summed E-state index contributed by atoms with van der Waals surface area (Å²) in [5.74, 6) is 0. The number of nitrogens with zero attached hydrogens (tertiary/aromatic N) is 1. The van der Waals surface area contributed by atoms with Crippen LogP contribution in [0.2, 0.25) is 0 Å². The Balaban J connectivity index is -0.000000202. The van der Waals surface area contributed by atoms with Crippen LogP contribution in [-0.4, -0.2) is 95.5 Å². The van der Waals surface area contributed by atoms with Crippen LogP contribution in [-0.2, 0) is 25.4 Å². The Labute approximate surface area is 138 Å². The molecular weight excluding hydrogens is 296 g/mol. The van der Waals surface area contributed by atoms with Gasteiger partial charge < -0.3 is 0 Å². The molecule has 0 aliphatic rings. The fourth-order valence-corrected chi connectivity index (χ4v) is 1.79. The fraction of sp³-hybridized carbons (Fsp3) is 1.00. The van der Waals surface area contributed by atoms with E-state index in [-0.39, 0.29) is 78.1 Å². The molecule has 0 saturated carbocycles. The van der Waals surface area contributed by atoms with Crippen molar-refractivity contribution in [1.82, 2.24) is 3.87 Å². The van der Waals surface area contributed by atoms with E-state index in [4.69, 9.17) is 9.11 Å². The van der Waals surface area contributed by atoms with Gasteiger partial charge in [0.05, 0.1) is 10.5 Å². The molecule has 2 N–H and O–H groups in total.